The van der Waals surface area contributed by atoms with Crippen LogP contribution in [0.15, 0.2) is 12.1 Å². The summed E-state index contributed by atoms with van der Waals surface area (Å²) in [6.45, 7) is 8.78. The van der Waals surface area contributed by atoms with Gasteiger partial charge in [-0.2, -0.15) is 13.2 Å². The standard InChI is InChI=1S/C19H28N2O2S.C2HF3O2/c1-14-3-6-17(24-14)12-20-9-7-19(8-10-20)15(2)21(11-16-4-5-16)18(22)13-23-19;3-2(4,5)1(6)7/h3,6,15-16H,4-5,7-13H2,1-2H3;(H,6,7). The number of carbonyl (C=O) groups is 2. The second-order valence-corrected chi connectivity index (χ2v) is 9.98. The van der Waals surface area contributed by atoms with Crippen LogP contribution in [0.2, 0.25) is 0 Å². The second kappa shape index (κ2) is 9.46. The topological polar surface area (TPSA) is 70.1 Å². The van der Waals surface area contributed by atoms with Crippen LogP contribution in [0.4, 0.5) is 13.2 Å². The molecule has 1 saturated carbocycles. The number of rotatable bonds is 4. The maximum Gasteiger partial charge on any atom is 0.490 e. The molecule has 10 heteroatoms. The van der Waals surface area contributed by atoms with E-state index in [1.165, 1.54) is 22.6 Å². The van der Waals surface area contributed by atoms with Crippen molar-refractivity contribution in [3.05, 3.63) is 21.9 Å². The van der Waals surface area contributed by atoms with Crippen LogP contribution in [-0.4, -0.2) is 70.8 Å². The summed E-state index contributed by atoms with van der Waals surface area (Å²) in [5, 5.41) is 7.12. The molecule has 1 unspecified atom stereocenters. The van der Waals surface area contributed by atoms with Gasteiger partial charge >= 0.3 is 12.1 Å². The maximum atomic E-state index is 12.3. The Morgan fingerprint density at radius 2 is 1.90 bits per heavy atom. The molecule has 1 aromatic rings. The number of ether oxygens (including phenoxy) is 1. The lowest BCUT2D eigenvalue weighted by Crippen LogP contribution is -2.64. The summed E-state index contributed by atoms with van der Waals surface area (Å²) in [6.07, 6.45) is -0.434. The highest BCUT2D eigenvalue weighted by Crippen LogP contribution is 2.39. The Balaban J connectivity index is 0.000000339. The molecule has 1 N–H and O–H groups in total. The molecule has 1 amide bonds. The van der Waals surface area contributed by atoms with E-state index in [-0.39, 0.29) is 24.2 Å². The number of alkyl halides is 3. The van der Waals surface area contributed by atoms with Crippen molar-refractivity contribution in [3.63, 3.8) is 0 Å². The quantitative estimate of drug-likeness (QED) is 0.739. The first-order valence-electron chi connectivity index (χ1n) is 10.5. The van der Waals surface area contributed by atoms with Crippen LogP contribution in [0.3, 0.4) is 0 Å². The first-order chi connectivity index (χ1) is 14.5. The molecule has 1 aliphatic carbocycles. The largest absolute Gasteiger partial charge is 0.490 e. The minimum atomic E-state index is -5.08. The zero-order valence-corrected chi connectivity index (χ0v) is 18.6. The molecule has 2 aliphatic heterocycles. The highest BCUT2D eigenvalue weighted by Gasteiger charge is 2.48. The number of thiophene rings is 1. The fraction of sp³-hybridized carbons (Fsp3) is 0.714. The third-order valence-corrected chi connectivity index (χ3v) is 7.29. The average Bonchev–Trinajstić information content (AvgIpc) is 3.43. The molecule has 1 aromatic heterocycles. The molecule has 0 aromatic carbocycles. The smallest absolute Gasteiger partial charge is 0.475 e. The number of morpholine rings is 1. The molecule has 174 valence electrons. The van der Waals surface area contributed by atoms with Crippen molar-refractivity contribution in [1.82, 2.24) is 9.80 Å². The van der Waals surface area contributed by atoms with Gasteiger partial charge in [0.2, 0.25) is 5.91 Å². The molecule has 0 radical (unpaired) electrons. The zero-order valence-electron chi connectivity index (χ0n) is 17.8. The molecule has 3 aliphatic rings. The number of nitrogens with zero attached hydrogens (tertiary/aromatic N) is 2. The van der Waals surface area contributed by atoms with E-state index < -0.39 is 12.1 Å². The van der Waals surface area contributed by atoms with Crippen LogP contribution in [0.1, 0.15) is 42.4 Å². The molecule has 1 atom stereocenters. The number of carbonyl (C=O) groups excluding carboxylic acids is 1. The second-order valence-electron chi connectivity index (χ2n) is 8.61. The van der Waals surface area contributed by atoms with Gasteiger partial charge in [0.05, 0.1) is 11.6 Å². The number of aryl methyl sites for hydroxylation is 1. The first kappa shape index (κ1) is 24.0. The van der Waals surface area contributed by atoms with E-state index in [2.05, 4.69) is 35.8 Å². The number of amides is 1. The van der Waals surface area contributed by atoms with Crippen LogP contribution < -0.4 is 0 Å². The number of piperidine rings is 1. The highest BCUT2D eigenvalue weighted by molar-refractivity contribution is 7.11. The van der Waals surface area contributed by atoms with Crippen LogP contribution in [0, 0.1) is 12.8 Å². The van der Waals surface area contributed by atoms with Gasteiger partial charge in [-0.05, 0) is 57.6 Å². The molecule has 4 rings (SSSR count). The number of hydrogen-bond acceptors (Lipinski definition) is 5. The zero-order chi connectivity index (χ0) is 22.8. The lowest BCUT2D eigenvalue weighted by atomic mass is 9.82. The number of halogens is 3. The van der Waals surface area contributed by atoms with Crippen molar-refractivity contribution >= 4 is 23.2 Å². The Labute approximate surface area is 184 Å². The molecular weight excluding hydrogens is 433 g/mol. The number of likely N-dealkylation sites (tertiary alicyclic amines) is 1. The molecule has 0 bridgehead atoms. The van der Waals surface area contributed by atoms with Crippen LogP contribution in [0.25, 0.3) is 0 Å². The summed E-state index contributed by atoms with van der Waals surface area (Å²) < 4.78 is 37.9. The van der Waals surface area contributed by atoms with Gasteiger partial charge in [-0.3, -0.25) is 9.69 Å². The number of carboxylic acid groups (broad SMARTS) is 1. The van der Waals surface area contributed by atoms with Crippen molar-refractivity contribution < 1.29 is 32.6 Å². The van der Waals surface area contributed by atoms with E-state index in [1.54, 1.807) is 0 Å². The Kier molecular flexibility index (Phi) is 7.32. The summed E-state index contributed by atoms with van der Waals surface area (Å²) >= 11 is 1.90. The molecule has 2 saturated heterocycles. The van der Waals surface area contributed by atoms with Crippen molar-refractivity contribution in [2.75, 3.05) is 26.2 Å². The van der Waals surface area contributed by atoms with Gasteiger partial charge in [0.25, 0.3) is 0 Å². The first-order valence-corrected chi connectivity index (χ1v) is 11.3. The lowest BCUT2D eigenvalue weighted by Gasteiger charge is -2.51. The van der Waals surface area contributed by atoms with E-state index in [1.807, 2.05) is 11.3 Å². The van der Waals surface area contributed by atoms with Crippen LogP contribution >= 0.6 is 11.3 Å². The SMILES string of the molecule is Cc1ccc(CN2CCC3(CC2)OCC(=O)N(CC2CC2)C3C)s1.O=C(O)C(F)(F)F. The minimum absolute atomic E-state index is 0.120. The average molecular weight is 463 g/mol. The Bertz CT molecular complexity index is 786. The summed E-state index contributed by atoms with van der Waals surface area (Å²) in [6, 6.07) is 4.67. The third-order valence-electron chi connectivity index (χ3n) is 6.30. The van der Waals surface area contributed by atoms with Crippen molar-refractivity contribution in [2.45, 2.75) is 63.9 Å². The van der Waals surface area contributed by atoms with E-state index in [0.29, 0.717) is 0 Å². The number of aliphatic carboxylic acids is 1. The molecule has 3 fully saturated rings. The normalized spacial score (nSPS) is 24.1. The molecule has 31 heavy (non-hydrogen) atoms. The van der Waals surface area contributed by atoms with Crippen molar-refractivity contribution in [2.24, 2.45) is 5.92 Å². The van der Waals surface area contributed by atoms with Crippen molar-refractivity contribution in [1.29, 1.82) is 0 Å². The summed E-state index contributed by atoms with van der Waals surface area (Å²) in [5.74, 6) is -1.82. The highest BCUT2D eigenvalue weighted by atomic mass is 32.1. The molecule has 3 heterocycles. The fourth-order valence-electron chi connectivity index (χ4n) is 4.19. The number of carboxylic acids is 1. The summed E-state index contributed by atoms with van der Waals surface area (Å²) in [4.78, 5) is 28.7. The van der Waals surface area contributed by atoms with E-state index in [0.717, 1.165) is 44.9 Å². The number of hydrogen-bond donors (Lipinski definition) is 1. The lowest BCUT2D eigenvalue weighted by molar-refractivity contribution is -0.192. The van der Waals surface area contributed by atoms with E-state index in [9.17, 15) is 18.0 Å². The van der Waals surface area contributed by atoms with Gasteiger partial charge in [-0.25, -0.2) is 4.79 Å². The van der Waals surface area contributed by atoms with Crippen LogP contribution in [0.5, 0.6) is 0 Å². The Hall–Kier alpha value is -1.65. The third kappa shape index (κ3) is 6.20. The van der Waals surface area contributed by atoms with Gasteiger partial charge in [0.15, 0.2) is 0 Å². The van der Waals surface area contributed by atoms with Crippen molar-refractivity contribution in [3.8, 4) is 0 Å². The van der Waals surface area contributed by atoms with Gasteiger partial charge in [0, 0.05) is 35.9 Å². The molecular formula is C21H29F3N2O4S. The Morgan fingerprint density at radius 3 is 2.39 bits per heavy atom. The van der Waals surface area contributed by atoms with Crippen LogP contribution in [-0.2, 0) is 20.9 Å². The monoisotopic (exact) mass is 462 g/mol. The predicted octanol–water partition coefficient (Wildman–Crippen LogP) is 3.68. The summed E-state index contributed by atoms with van der Waals surface area (Å²) in [5.41, 5.74) is -0.120. The minimum Gasteiger partial charge on any atom is -0.475 e. The molecule has 1 spiro atoms. The van der Waals surface area contributed by atoms with Gasteiger partial charge in [-0.15, -0.1) is 11.3 Å². The van der Waals surface area contributed by atoms with Gasteiger partial charge in [-0.1, -0.05) is 0 Å². The predicted molar refractivity (Wildman–Crippen MR) is 110 cm³/mol. The van der Waals surface area contributed by atoms with Gasteiger partial charge < -0.3 is 14.7 Å². The fourth-order valence-corrected chi connectivity index (χ4v) is 5.12. The maximum absolute atomic E-state index is 12.3. The van der Waals surface area contributed by atoms with E-state index >= 15 is 0 Å². The summed E-state index contributed by atoms with van der Waals surface area (Å²) in [7, 11) is 0. The van der Waals surface area contributed by atoms with Gasteiger partial charge in [0.1, 0.15) is 6.61 Å². The van der Waals surface area contributed by atoms with E-state index in [4.69, 9.17) is 14.6 Å². The Morgan fingerprint density at radius 1 is 1.29 bits per heavy atom. The molecule has 6 nitrogen and oxygen atoms in total.